The van der Waals surface area contributed by atoms with Crippen LogP contribution < -0.4 is 5.32 Å². The molecule has 0 aromatic heterocycles. The highest BCUT2D eigenvalue weighted by molar-refractivity contribution is 7.91. The highest BCUT2D eigenvalue weighted by atomic mass is 32.2. The first kappa shape index (κ1) is 19.8. The minimum atomic E-state index is -1.95. The average molecular weight is 402 g/mol. The number of carboxylic acid groups (broad SMARTS) is 1. The van der Waals surface area contributed by atoms with Crippen molar-refractivity contribution in [2.75, 3.05) is 6.54 Å². The molecule has 2 aromatic rings. The number of nitro benzene ring substituents is 1. The molecule has 1 atom stereocenters. The lowest BCUT2D eigenvalue weighted by Gasteiger charge is -2.24. The summed E-state index contributed by atoms with van der Waals surface area (Å²) in [5.41, 5.74) is -0.481. The summed E-state index contributed by atoms with van der Waals surface area (Å²) in [7, 11) is 0. The molecule has 1 amide bonds. The first-order valence-corrected chi connectivity index (χ1v) is 9.87. The van der Waals surface area contributed by atoms with Crippen LogP contribution in [0.5, 0.6) is 0 Å². The van der Waals surface area contributed by atoms with Gasteiger partial charge in [0.15, 0.2) is 9.79 Å². The van der Waals surface area contributed by atoms with Crippen molar-refractivity contribution in [2.24, 2.45) is 0 Å². The Morgan fingerprint density at radius 3 is 2.68 bits per heavy atom. The predicted molar refractivity (Wildman–Crippen MR) is 101 cm³/mol. The number of aromatic carboxylic acids is 1. The van der Waals surface area contributed by atoms with Crippen molar-refractivity contribution in [3.05, 3.63) is 62.7 Å². The Hall–Kier alpha value is -2.91. The lowest BCUT2D eigenvalue weighted by molar-refractivity contribution is -0.385. The summed E-state index contributed by atoms with van der Waals surface area (Å²) in [6.07, 6.45) is 1.57. The summed E-state index contributed by atoms with van der Waals surface area (Å²) in [5.74, 6) is -2.17. The van der Waals surface area contributed by atoms with Crippen LogP contribution in [0.15, 0.2) is 40.1 Å². The number of nitrogens with zero attached hydrogens (tertiary/aromatic N) is 1. The fraction of sp³-hybridized carbons (Fsp3) is 0.263. The second-order valence-corrected chi connectivity index (χ2v) is 7.74. The maximum absolute atomic E-state index is 13.1. The maximum atomic E-state index is 13.1. The molecule has 2 N–H and O–H groups in total. The molecule has 0 fully saturated rings. The number of amides is 1. The number of hydrogen-bond donors (Lipinski definition) is 2. The van der Waals surface area contributed by atoms with Crippen molar-refractivity contribution < 1.29 is 24.2 Å². The van der Waals surface area contributed by atoms with Crippen LogP contribution in [0.2, 0.25) is 0 Å². The first-order valence-electron chi connectivity index (χ1n) is 8.72. The van der Waals surface area contributed by atoms with E-state index in [-0.39, 0.29) is 22.4 Å². The van der Waals surface area contributed by atoms with Gasteiger partial charge in [-0.2, -0.15) is 0 Å². The molecule has 9 heteroatoms. The van der Waals surface area contributed by atoms with Crippen LogP contribution in [0, 0.1) is 10.1 Å². The van der Waals surface area contributed by atoms with E-state index in [2.05, 4.69) is 5.32 Å². The van der Waals surface area contributed by atoms with E-state index >= 15 is 0 Å². The predicted octanol–water partition coefficient (Wildman–Crippen LogP) is 2.89. The Morgan fingerprint density at radius 1 is 1.32 bits per heavy atom. The minimum Gasteiger partial charge on any atom is -0.606 e. The van der Waals surface area contributed by atoms with Crippen molar-refractivity contribution in [1.29, 1.82) is 0 Å². The molecule has 2 aromatic carbocycles. The van der Waals surface area contributed by atoms with Gasteiger partial charge in [-0.1, -0.05) is 31.5 Å². The van der Waals surface area contributed by atoms with E-state index in [1.165, 1.54) is 0 Å². The van der Waals surface area contributed by atoms with E-state index in [9.17, 15) is 29.4 Å². The van der Waals surface area contributed by atoms with E-state index in [1.54, 1.807) is 24.3 Å². The first-order chi connectivity index (χ1) is 13.4. The lowest BCUT2D eigenvalue weighted by Crippen LogP contribution is -2.29. The fourth-order valence-corrected chi connectivity index (χ4v) is 4.80. The molecule has 0 bridgehead atoms. The van der Waals surface area contributed by atoms with Crippen molar-refractivity contribution in [3.63, 3.8) is 0 Å². The van der Waals surface area contributed by atoms with Crippen LogP contribution in [-0.2, 0) is 17.6 Å². The molecule has 3 rings (SSSR count). The second-order valence-electron chi connectivity index (χ2n) is 6.35. The molecule has 1 heterocycles. The number of benzene rings is 2. The molecule has 1 aliphatic heterocycles. The zero-order valence-corrected chi connectivity index (χ0v) is 15.9. The molecule has 0 radical (unpaired) electrons. The average Bonchev–Trinajstić information content (AvgIpc) is 2.66. The van der Waals surface area contributed by atoms with Crippen LogP contribution in [0.3, 0.4) is 0 Å². The Morgan fingerprint density at radius 2 is 2.04 bits per heavy atom. The number of hydrogen-bond acceptors (Lipinski definition) is 5. The van der Waals surface area contributed by atoms with E-state index in [0.717, 1.165) is 12.5 Å². The number of carbonyl (C=O) groups is 2. The third kappa shape index (κ3) is 3.46. The molecular formula is C19H18N2O6S. The SMILES string of the molecule is CCCCNC(=O)c1cc([N+](=O)[O-])c2c(c1C(=O)O)[S+]([O-])c1ccccc1C2. The third-order valence-electron chi connectivity index (χ3n) is 4.56. The van der Waals surface area contributed by atoms with Crippen LogP contribution >= 0.6 is 0 Å². The fourth-order valence-electron chi connectivity index (χ4n) is 3.22. The highest BCUT2D eigenvalue weighted by Gasteiger charge is 2.41. The standard InChI is InChI=1S/C19H18N2O6S/c1-2-3-8-20-18(22)13-10-14(21(25)26)12-9-11-6-4-5-7-15(11)28(27)17(12)16(13)19(23)24/h4-7,10H,2-3,8-9H2,1H3,(H,20,22)(H,23,24). The summed E-state index contributed by atoms with van der Waals surface area (Å²) in [6, 6.07) is 7.67. The van der Waals surface area contributed by atoms with Gasteiger partial charge < -0.3 is 15.0 Å². The van der Waals surface area contributed by atoms with Crippen LogP contribution in [0.4, 0.5) is 5.69 Å². The quantitative estimate of drug-likeness (QED) is 0.330. The van der Waals surface area contributed by atoms with Crippen LogP contribution in [-0.4, -0.2) is 33.0 Å². The molecule has 1 aliphatic rings. The normalized spacial score (nSPS) is 14.7. The van der Waals surface area contributed by atoms with Gasteiger partial charge in [-0.25, -0.2) is 4.79 Å². The van der Waals surface area contributed by atoms with Gasteiger partial charge >= 0.3 is 5.97 Å². The van der Waals surface area contributed by atoms with E-state index in [0.29, 0.717) is 23.4 Å². The Kier molecular flexibility index (Phi) is 5.66. The number of carbonyl (C=O) groups excluding carboxylic acids is 1. The van der Waals surface area contributed by atoms with Gasteiger partial charge in [0.05, 0.1) is 16.1 Å². The molecule has 0 saturated heterocycles. The van der Waals surface area contributed by atoms with E-state index in [4.69, 9.17) is 0 Å². The number of nitro groups is 1. The molecule has 28 heavy (non-hydrogen) atoms. The zero-order valence-electron chi connectivity index (χ0n) is 15.1. The van der Waals surface area contributed by atoms with E-state index in [1.807, 2.05) is 6.92 Å². The number of fused-ring (bicyclic) bond motifs is 2. The number of carboxylic acids is 1. The topological polar surface area (TPSA) is 133 Å². The number of nitrogens with one attached hydrogen (secondary N) is 1. The van der Waals surface area contributed by atoms with Crippen molar-refractivity contribution in [1.82, 2.24) is 5.32 Å². The molecule has 8 nitrogen and oxygen atoms in total. The molecular weight excluding hydrogens is 384 g/mol. The molecule has 0 spiro atoms. The summed E-state index contributed by atoms with van der Waals surface area (Å²) >= 11 is -1.95. The molecule has 146 valence electrons. The summed E-state index contributed by atoms with van der Waals surface area (Å²) < 4.78 is 13.1. The van der Waals surface area contributed by atoms with Gasteiger partial charge in [-0.15, -0.1) is 0 Å². The number of rotatable bonds is 6. The van der Waals surface area contributed by atoms with Gasteiger partial charge in [0.25, 0.3) is 11.6 Å². The maximum Gasteiger partial charge on any atom is 0.341 e. The van der Waals surface area contributed by atoms with Crippen molar-refractivity contribution >= 4 is 28.7 Å². The van der Waals surface area contributed by atoms with Gasteiger partial charge in [-0.05, 0) is 12.5 Å². The van der Waals surface area contributed by atoms with Crippen LogP contribution in [0.25, 0.3) is 0 Å². The Balaban J connectivity index is 2.23. The van der Waals surface area contributed by atoms with Crippen molar-refractivity contribution in [3.8, 4) is 0 Å². The minimum absolute atomic E-state index is 0.0736. The van der Waals surface area contributed by atoms with Gasteiger partial charge in [0, 0.05) is 35.8 Å². The third-order valence-corrected chi connectivity index (χ3v) is 6.18. The Bertz CT molecular complexity index is 975. The van der Waals surface area contributed by atoms with Gasteiger partial charge in [-0.3, -0.25) is 14.9 Å². The van der Waals surface area contributed by atoms with Crippen LogP contribution in [0.1, 0.15) is 51.6 Å². The highest BCUT2D eigenvalue weighted by Crippen LogP contribution is 2.42. The monoisotopic (exact) mass is 402 g/mol. The van der Waals surface area contributed by atoms with Crippen molar-refractivity contribution in [2.45, 2.75) is 36.0 Å². The summed E-state index contributed by atoms with van der Waals surface area (Å²) in [5, 5.41) is 24.0. The largest absolute Gasteiger partial charge is 0.606 e. The Labute approximate surface area is 163 Å². The van der Waals surface area contributed by atoms with E-state index < -0.39 is 39.2 Å². The summed E-state index contributed by atoms with van der Waals surface area (Å²) in [4.78, 5) is 35.7. The summed E-state index contributed by atoms with van der Waals surface area (Å²) in [6.45, 7) is 2.24. The number of unbranched alkanes of at least 4 members (excludes halogenated alkanes) is 1. The molecule has 0 aliphatic carbocycles. The smallest absolute Gasteiger partial charge is 0.341 e. The van der Waals surface area contributed by atoms with Gasteiger partial charge in [0.1, 0.15) is 5.56 Å². The van der Waals surface area contributed by atoms with Gasteiger partial charge in [0.2, 0.25) is 0 Å². The molecule has 0 saturated carbocycles. The lowest BCUT2D eigenvalue weighted by atomic mass is 9.95. The molecule has 1 unspecified atom stereocenters. The second kappa shape index (κ2) is 7.99. The zero-order chi connectivity index (χ0) is 20.4.